The van der Waals surface area contributed by atoms with E-state index in [9.17, 15) is 8.42 Å². The molecular weight excluding hydrogens is 298 g/mol. The lowest BCUT2D eigenvalue weighted by atomic mass is 10.2. The van der Waals surface area contributed by atoms with E-state index in [0.717, 1.165) is 5.56 Å². The molecule has 20 heavy (non-hydrogen) atoms. The lowest BCUT2D eigenvalue weighted by Gasteiger charge is -2.21. The average molecular weight is 312 g/mol. The number of para-hydroxylation sites is 1. The lowest BCUT2D eigenvalue weighted by molar-refractivity contribution is 0.594. The maximum Gasteiger partial charge on any atom is 0.265 e. The number of aryl methyl sites for hydroxylation is 1. The number of aromatic nitrogens is 1. The number of sulfonamides is 1. The van der Waals surface area contributed by atoms with Gasteiger partial charge in [0, 0.05) is 13.2 Å². The van der Waals surface area contributed by atoms with E-state index >= 15 is 0 Å². The molecule has 0 aliphatic heterocycles. The highest BCUT2D eigenvalue weighted by molar-refractivity contribution is 7.92. The monoisotopic (exact) mass is 311 g/mol. The smallest absolute Gasteiger partial charge is 0.265 e. The van der Waals surface area contributed by atoms with Crippen molar-refractivity contribution in [2.75, 3.05) is 17.1 Å². The summed E-state index contributed by atoms with van der Waals surface area (Å²) in [4.78, 5) is 3.79. The van der Waals surface area contributed by atoms with Crippen LogP contribution in [0.15, 0.2) is 41.4 Å². The molecule has 0 atom stereocenters. The van der Waals surface area contributed by atoms with Crippen LogP contribution in [-0.2, 0) is 10.0 Å². The summed E-state index contributed by atoms with van der Waals surface area (Å²) < 4.78 is 26.3. The van der Waals surface area contributed by atoms with Crippen LogP contribution >= 0.6 is 11.6 Å². The van der Waals surface area contributed by atoms with Crippen molar-refractivity contribution in [3.8, 4) is 0 Å². The summed E-state index contributed by atoms with van der Waals surface area (Å²) in [6, 6.07) is 8.51. The molecule has 2 N–H and O–H groups in total. The van der Waals surface area contributed by atoms with E-state index in [4.69, 9.17) is 17.3 Å². The fourth-order valence-electron chi connectivity index (χ4n) is 1.78. The molecule has 0 aliphatic rings. The number of benzene rings is 1. The van der Waals surface area contributed by atoms with Gasteiger partial charge in [0.15, 0.2) is 0 Å². The molecular formula is C13H14ClN3O2S. The van der Waals surface area contributed by atoms with E-state index in [-0.39, 0.29) is 15.7 Å². The molecule has 0 bridgehead atoms. The molecule has 7 heteroatoms. The number of rotatable bonds is 3. The van der Waals surface area contributed by atoms with E-state index in [2.05, 4.69) is 4.98 Å². The van der Waals surface area contributed by atoms with Gasteiger partial charge in [-0.2, -0.15) is 0 Å². The zero-order chi connectivity index (χ0) is 14.9. The summed E-state index contributed by atoms with van der Waals surface area (Å²) in [5, 5.41) is 0.115. The molecule has 2 aromatic rings. The number of nitrogens with two attached hydrogens (primary N) is 1. The third-order valence-corrected chi connectivity index (χ3v) is 5.00. The summed E-state index contributed by atoms with van der Waals surface area (Å²) in [6.07, 6.45) is 1.20. The lowest BCUT2D eigenvalue weighted by Crippen LogP contribution is -2.27. The number of anilines is 2. The first-order valence-corrected chi connectivity index (χ1v) is 7.61. The van der Waals surface area contributed by atoms with Gasteiger partial charge < -0.3 is 5.73 Å². The van der Waals surface area contributed by atoms with E-state index in [1.54, 1.807) is 12.1 Å². The predicted octanol–water partition coefficient (Wildman–Crippen LogP) is 2.45. The molecule has 0 saturated carbocycles. The van der Waals surface area contributed by atoms with Gasteiger partial charge in [-0.1, -0.05) is 29.8 Å². The Bertz CT molecular complexity index is 747. The van der Waals surface area contributed by atoms with Gasteiger partial charge in [-0.25, -0.2) is 13.4 Å². The maximum atomic E-state index is 12.5. The minimum Gasteiger partial charge on any atom is -0.382 e. The summed E-state index contributed by atoms with van der Waals surface area (Å²) in [6.45, 7) is 1.84. The molecule has 0 radical (unpaired) electrons. The molecule has 0 spiro atoms. The van der Waals surface area contributed by atoms with Crippen molar-refractivity contribution >= 4 is 33.1 Å². The van der Waals surface area contributed by atoms with Gasteiger partial charge in [-0.15, -0.1) is 0 Å². The topological polar surface area (TPSA) is 76.3 Å². The minimum atomic E-state index is -3.72. The van der Waals surface area contributed by atoms with Crippen LogP contribution in [-0.4, -0.2) is 20.4 Å². The van der Waals surface area contributed by atoms with E-state index in [1.807, 2.05) is 19.1 Å². The zero-order valence-corrected chi connectivity index (χ0v) is 12.6. The molecule has 0 unspecified atom stereocenters. The van der Waals surface area contributed by atoms with E-state index in [0.29, 0.717) is 5.69 Å². The van der Waals surface area contributed by atoms with Crippen molar-refractivity contribution in [3.63, 3.8) is 0 Å². The van der Waals surface area contributed by atoms with Crippen LogP contribution in [0.3, 0.4) is 0 Å². The maximum absolute atomic E-state index is 12.5. The Balaban J connectivity index is 2.50. The number of hydrogen-bond donors (Lipinski definition) is 1. The second-order valence-electron chi connectivity index (χ2n) is 4.30. The standard InChI is InChI=1S/C13H14ClN3O2S/c1-9-5-3-4-6-12(9)17(2)20(18,19)10-7-11(14)13(15)16-8-10/h3-8H,1-2H3,(H2,15,16). The van der Waals surface area contributed by atoms with Gasteiger partial charge in [0.05, 0.1) is 10.7 Å². The fraction of sp³-hybridized carbons (Fsp3) is 0.154. The van der Waals surface area contributed by atoms with Gasteiger partial charge in [0.1, 0.15) is 10.7 Å². The molecule has 5 nitrogen and oxygen atoms in total. The Morgan fingerprint density at radius 1 is 1.30 bits per heavy atom. The summed E-state index contributed by atoms with van der Waals surface area (Å²) in [5.41, 5.74) is 6.94. The Morgan fingerprint density at radius 2 is 1.95 bits per heavy atom. The highest BCUT2D eigenvalue weighted by Gasteiger charge is 2.23. The van der Waals surface area contributed by atoms with E-state index < -0.39 is 10.0 Å². The number of nitrogen functional groups attached to an aromatic ring is 1. The molecule has 1 aromatic carbocycles. The molecule has 0 amide bonds. The van der Waals surface area contributed by atoms with Crippen LogP contribution in [0.1, 0.15) is 5.56 Å². The Labute approximate surface area is 123 Å². The first-order chi connectivity index (χ1) is 9.34. The van der Waals surface area contributed by atoms with Gasteiger partial charge in [-0.05, 0) is 24.6 Å². The van der Waals surface area contributed by atoms with Gasteiger partial charge in [0.2, 0.25) is 0 Å². The number of pyridine rings is 1. The molecule has 0 saturated heterocycles. The summed E-state index contributed by atoms with van der Waals surface area (Å²) in [5.74, 6) is 0.101. The predicted molar refractivity (Wildman–Crippen MR) is 80.4 cm³/mol. The van der Waals surface area contributed by atoms with E-state index in [1.165, 1.54) is 23.6 Å². The molecule has 0 aliphatic carbocycles. The minimum absolute atomic E-state index is 0.00227. The quantitative estimate of drug-likeness (QED) is 0.944. The van der Waals surface area contributed by atoms with Gasteiger partial charge >= 0.3 is 0 Å². The van der Waals surface area contributed by atoms with Crippen LogP contribution in [0.25, 0.3) is 0 Å². The first kappa shape index (κ1) is 14.6. The van der Waals surface area contributed by atoms with Crippen LogP contribution < -0.4 is 10.0 Å². The Kier molecular flexibility index (Phi) is 3.87. The number of halogens is 1. The van der Waals surface area contributed by atoms with Crippen molar-refractivity contribution in [2.24, 2.45) is 0 Å². The molecule has 1 aromatic heterocycles. The third-order valence-electron chi connectivity index (χ3n) is 2.96. The largest absolute Gasteiger partial charge is 0.382 e. The Morgan fingerprint density at radius 3 is 2.55 bits per heavy atom. The van der Waals surface area contributed by atoms with Gasteiger partial charge in [-0.3, -0.25) is 4.31 Å². The highest BCUT2D eigenvalue weighted by Crippen LogP contribution is 2.27. The first-order valence-electron chi connectivity index (χ1n) is 5.79. The molecule has 106 valence electrons. The molecule has 0 fully saturated rings. The van der Waals surface area contributed by atoms with Crippen LogP contribution in [0.4, 0.5) is 11.5 Å². The van der Waals surface area contributed by atoms with Crippen molar-refractivity contribution in [1.29, 1.82) is 0 Å². The number of hydrogen-bond acceptors (Lipinski definition) is 4. The second-order valence-corrected chi connectivity index (χ2v) is 6.67. The fourth-order valence-corrected chi connectivity index (χ4v) is 3.24. The highest BCUT2D eigenvalue weighted by atomic mass is 35.5. The molecule has 1 heterocycles. The average Bonchev–Trinajstić information content (AvgIpc) is 2.41. The number of nitrogens with zero attached hydrogens (tertiary/aromatic N) is 2. The van der Waals surface area contributed by atoms with Crippen molar-refractivity contribution in [3.05, 3.63) is 47.1 Å². The zero-order valence-electron chi connectivity index (χ0n) is 11.0. The van der Waals surface area contributed by atoms with Crippen LogP contribution in [0.2, 0.25) is 5.02 Å². The normalized spacial score (nSPS) is 11.3. The van der Waals surface area contributed by atoms with Gasteiger partial charge in [0.25, 0.3) is 10.0 Å². The summed E-state index contributed by atoms with van der Waals surface area (Å²) in [7, 11) is -2.23. The Hall–Kier alpha value is -1.79. The SMILES string of the molecule is Cc1ccccc1N(C)S(=O)(=O)c1cnc(N)c(Cl)c1. The summed E-state index contributed by atoms with van der Waals surface area (Å²) >= 11 is 5.83. The third kappa shape index (κ3) is 2.57. The van der Waals surface area contributed by atoms with Crippen molar-refractivity contribution < 1.29 is 8.42 Å². The molecule has 2 rings (SSSR count). The van der Waals surface area contributed by atoms with Crippen molar-refractivity contribution in [1.82, 2.24) is 4.98 Å². The van der Waals surface area contributed by atoms with Crippen molar-refractivity contribution in [2.45, 2.75) is 11.8 Å². The van der Waals surface area contributed by atoms with Crippen LogP contribution in [0.5, 0.6) is 0 Å². The van der Waals surface area contributed by atoms with Crippen LogP contribution in [0, 0.1) is 6.92 Å². The second kappa shape index (κ2) is 5.30.